The van der Waals surface area contributed by atoms with E-state index in [-0.39, 0.29) is 5.75 Å². The first-order valence-corrected chi connectivity index (χ1v) is 5.62. The lowest BCUT2D eigenvalue weighted by Crippen LogP contribution is -2.16. The van der Waals surface area contributed by atoms with Gasteiger partial charge >= 0.3 is 0 Å². The summed E-state index contributed by atoms with van der Waals surface area (Å²) in [4.78, 5) is 0. The number of methoxy groups -OCH3 is 1. The second-order valence-corrected chi connectivity index (χ2v) is 4.21. The van der Waals surface area contributed by atoms with Crippen molar-refractivity contribution in [3.63, 3.8) is 0 Å². The van der Waals surface area contributed by atoms with Crippen molar-refractivity contribution in [2.24, 2.45) is 12.8 Å². The first-order chi connectivity index (χ1) is 8.52. The number of hydrogen-bond donors (Lipinski definition) is 1. The van der Waals surface area contributed by atoms with Crippen LogP contribution in [0.15, 0.2) is 24.3 Å². The first-order valence-electron chi connectivity index (χ1n) is 5.62. The van der Waals surface area contributed by atoms with Crippen molar-refractivity contribution in [2.45, 2.75) is 13.0 Å². The number of nitrogens with two attached hydrogens (primary N) is 1. The van der Waals surface area contributed by atoms with Gasteiger partial charge < -0.3 is 10.5 Å². The van der Waals surface area contributed by atoms with Gasteiger partial charge in [0.15, 0.2) is 11.6 Å². The quantitative estimate of drug-likeness (QED) is 0.904. The molecule has 0 fully saturated rings. The van der Waals surface area contributed by atoms with Crippen molar-refractivity contribution in [2.75, 3.05) is 7.11 Å². The number of aryl methyl sites for hydroxylation is 2. The molecule has 2 rings (SSSR count). The predicted octanol–water partition coefficient (Wildman–Crippen LogP) is 1.92. The summed E-state index contributed by atoms with van der Waals surface area (Å²) in [5.74, 6) is -0.198. The fourth-order valence-electron chi connectivity index (χ4n) is 1.97. The second kappa shape index (κ2) is 4.78. The molecule has 96 valence electrons. The van der Waals surface area contributed by atoms with Crippen LogP contribution < -0.4 is 10.5 Å². The summed E-state index contributed by atoms with van der Waals surface area (Å²) in [5, 5.41) is 4.23. The molecule has 0 amide bonds. The summed E-state index contributed by atoms with van der Waals surface area (Å²) >= 11 is 0. The topological polar surface area (TPSA) is 53.1 Å². The van der Waals surface area contributed by atoms with Crippen LogP contribution in [0.5, 0.6) is 5.75 Å². The molecule has 2 N–H and O–H groups in total. The first kappa shape index (κ1) is 12.6. The van der Waals surface area contributed by atoms with Crippen LogP contribution in [0.1, 0.15) is 23.0 Å². The van der Waals surface area contributed by atoms with Crippen LogP contribution in [0.4, 0.5) is 4.39 Å². The Hall–Kier alpha value is -1.88. The van der Waals surface area contributed by atoms with E-state index in [4.69, 9.17) is 10.5 Å². The molecule has 1 aromatic heterocycles. The number of benzene rings is 1. The smallest absolute Gasteiger partial charge is 0.165 e. The highest BCUT2D eigenvalue weighted by Gasteiger charge is 2.15. The van der Waals surface area contributed by atoms with Crippen LogP contribution in [0.3, 0.4) is 0 Å². The van der Waals surface area contributed by atoms with E-state index in [1.165, 1.54) is 13.2 Å². The maximum absolute atomic E-state index is 13.6. The summed E-state index contributed by atoms with van der Waals surface area (Å²) in [5.41, 5.74) is 8.54. The van der Waals surface area contributed by atoms with Crippen LogP contribution >= 0.6 is 0 Å². The van der Waals surface area contributed by atoms with E-state index in [0.717, 1.165) is 11.4 Å². The van der Waals surface area contributed by atoms with Crippen molar-refractivity contribution >= 4 is 0 Å². The summed E-state index contributed by atoms with van der Waals surface area (Å²) in [6.07, 6.45) is 0. The Labute approximate surface area is 105 Å². The van der Waals surface area contributed by atoms with Crippen molar-refractivity contribution in [1.29, 1.82) is 0 Å². The molecule has 0 aliphatic rings. The van der Waals surface area contributed by atoms with Gasteiger partial charge in [0.05, 0.1) is 24.5 Å². The number of halogens is 1. The predicted molar refractivity (Wildman–Crippen MR) is 66.9 cm³/mol. The Bertz CT molecular complexity index is 565. The lowest BCUT2D eigenvalue weighted by atomic mass is 10.0. The van der Waals surface area contributed by atoms with Gasteiger partial charge in [-0.2, -0.15) is 5.10 Å². The van der Waals surface area contributed by atoms with E-state index in [1.54, 1.807) is 16.8 Å². The van der Waals surface area contributed by atoms with Crippen LogP contribution in [0, 0.1) is 12.7 Å². The van der Waals surface area contributed by atoms with Crippen LogP contribution in [0.2, 0.25) is 0 Å². The maximum atomic E-state index is 13.6. The Morgan fingerprint density at radius 3 is 2.61 bits per heavy atom. The Kier molecular flexibility index (Phi) is 3.34. The van der Waals surface area contributed by atoms with E-state index >= 15 is 0 Å². The third-order valence-corrected chi connectivity index (χ3v) is 2.89. The Morgan fingerprint density at radius 2 is 2.11 bits per heavy atom. The molecule has 0 saturated heterocycles. The molecule has 0 saturated carbocycles. The standard InChI is InChI=1S/C13H16FN3O/c1-8-6-11(17(2)16-8)13(15)9-4-5-12(18-3)10(14)7-9/h4-7,13H,15H2,1-3H3. The third-order valence-electron chi connectivity index (χ3n) is 2.89. The van der Waals surface area contributed by atoms with Gasteiger partial charge in [-0.3, -0.25) is 4.68 Å². The molecule has 18 heavy (non-hydrogen) atoms. The zero-order chi connectivity index (χ0) is 13.3. The minimum atomic E-state index is -0.413. The van der Waals surface area contributed by atoms with Gasteiger partial charge in [0.25, 0.3) is 0 Å². The fraction of sp³-hybridized carbons (Fsp3) is 0.308. The van der Waals surface area contributed by atoms with Gasteiger partial charge in [-0.1, -0.05) is 6.07 Å². The van der Waals surface area contributed by atoms with Crippen LogP contribution in [-0.4, -0.2) is 16.9 Å². The summed E-state index contributed by atoms with van der Waals surface area (Å²) in [6, 6.07) is 6.22. The lowest BCUT2D eigenvalue weighted by molar-refractivity contribution is 0.386. The molecule has 1 heterocycles. The monoisotopic (exact) mass is 249 g/mol. The highest BCUT2D eigenvalue weighted by atomic mass is 19.1. The molecule has 0 aliphatic heterocycles. The van der Waals surface area contributed by atoms with Gasteiger partial charge in [0.1, 0.15) is 0 Å². The van der Waals surface area contributed by atoms with Crippen molar-refractivity contribution in [3.8, 4) is 5.75 Å². The highest BCUT2D eigenvalue weighted by Crippen LogP contribution is 2.24. The largest absolute Gasteiger partial charge is 0.494 e. The molecule has 0 bridgehead atoms. The molecule has 2 aromatic rings. The molecule has 5 heteroatoms. The van der Waals surface area contributed by atoms with Gasteiger partial charge in [-0.15, -0.1) is 0 Å². The third kappa shape index (κ3) is 2.22. The van der Waals surface area contributed by atoms with Crippen molar-refractivity contribution < 1.29 is 9.13 Å². The molecular weight excluding hydrogens is 233 g/mol. The van der Waals surface area contributed by atoms with E-state index in [2.05, 4.69) is 5.10 Å². The van der Waals surface area contributed by atoms with Gasteiger partial charge in [0, 0.05) is 7.05 Å². The summed E-state index contributed by atoms with van der Waals surface area (Å²) < 4.78 is 20.2. The number of aromatic nitrogens is 2. The average Bonchev–Trinajstić information content (AvgIpc) is 2.67. The van der Waals surface area contributed by atoms with E-state index in [1.807, 2.05) is 20.0 Å². The van der Waals surface area contributed by atoms with Gasteiger partial charge in [0.2, 0.25) is 0 Å². The SMILES string of the molecule is COc1ccc(C(N)c2cc(C)nn2C)cc1F. The molecule has 1 unspecified atom stereocenters. The minimum absolute atomic E-state index is 0.215. The molecule has 0 aliphatic carbocycles. The number of rotatable bonds is 3. The number of nitrogens with zero attached hydrogens (tertiary/aromatic N) is 2. The molecule has 1 aromatic carbocycles. The highest BCUT2D eigenvalue weighted by molar-refractivity contribution is 5.34. The molecular formula is C13H16FN3O. The van der Waals surface area contributed by atoms with Crippen molar-refractivity contribution in [3.05, 3.63) is 47.0 Å². The molecule has 0 radical (unpaired) electrons. The van der Waals surface area contributed by atoms with Crippen LogP contribution in [0.25, 0.3) is 0 Å². The Balaban J connectivity index is 2.37. The number of hydrogen-bond acceptors (Lipinski definition) is 3. The van der Waals surface area contributed by atoms with E-state index in [9.17, 15) is 4.39 Å². The van der Waals surface area contributed by atoms with Gasteiger partial charge in [-0.05, 0) is 30.7 Å². The van der Waals surface area contributed by atoms with Gasteiger partial charge in [-0.25, -0.2) is 4.39 Å². The van der Waals surface area contributed by atoms with E-state index in [0.29, 0.717) is 5.56 Å². The minimum Gasteiger partial charge on any atom is -0.494 e. The number of ether oxygens (including phenoxy) is 1. The maximum Gasteiger partial charge on any atom is 0.165 e. The summed E-state index contributed by atoms with van der Waals surface area (Å²) in [7, 11) is 3.25. The molecule has 4 nitrogen and oxygen atoms in total. The van der Waals surface area contributed by atoms with E-state index < -0.39 is 11.9 Å². The second-order valence-electron chi connectivity index (χ2n) is 4.21. The van der Waals surface area contributed by atoms with Crippen molar-refractivity contribution in [1.82, 2.24) is 9.78 Å². The summed E-state index contributed by atoms with van der Waals surface area (Å²) in [6.45, 7) is 1.89. The average molecular weight is 249 g/mol. The zero-order valence-corrected chi connectivity index (χ0v) is 10.6. The molecule has 0 spiro atoms. The van der Waals surface area contributed by atoms with Crippen LogP contribution in [-0.2, 0) is 7.05 Å². The normalized spacial score (nSPS) is 12.5. The lowest BCUT2D eigenvalue weighted by Gasteiger charge is -2.13. The zero-order valence-electron chi connectivity index (χ0n) is 10.6. The molecule has 1 atom stereocenters. The Morgan fingerprint density at radius 1 is 1.39 bits per heavy atom. The fourth-order valence-corrected chi connectivity index (χ4v) is 1.97.